The third kappa shape index (κ3) is 6.28. The van der Waals surface area contributed by atoms with E-state index >= 15 is 0 Å². The second-order valence-electron chi connectivity index (χ2n) is 7.80. The van der Waals surface area contributed by atoms with E-state index in [-0.39, 0.29) is 12.1 Å². The fourth-order valence-corrected chi connectivity index (χ4v) is 3.90. The molecule has 0 N–H and O–H groups in total. The van der Waals surface area contributed by atoms with Crippen molar-refractivity contribution >= 4 is 12.0 Å². The van der Waals surface area contributed by atoms with Crippen LogP contribution < -0.4 is 0 Å². The Hall–Kier alpha value is -1.61. The highest BCUT2D eigenvalue weighted by molar-refractivity contribution is 5.87. The predicted molar refractivity (Wildman–Crippen MR) is 105 cm³/mol. The summed E-state index contributed by atoms with van der Waals surface area (Å²) in [5, 5.41) is 0. The van der Waals surface area contributed by atoms with Crippen LogP contribution in [-0.2, 0) is 14.3 Å². The third-order valence-electron chi connectivity index (χ3n) is 5.70. The van der Waals surface area contributed by atoms with Crippen LogP contribution in [-0.4, -0.2) is 25.3 Å². The number of carbonyl (C=O) groups is 1. The molecule has 0 spiro atoms. The van der Waals surface area contributed by atoms with Crippen LogP contribution >= 0.6 is 0 Å². The summed E-state index contributed by atoms with van der Waals surface area (Å²) in [7, 11) is 0. The summed E-state index contributed by atoms with van der Waals surface area (Å²) in [5.41, 5.74) is 2.49. The van der Waals surface area contributed by atoms with Crippen LogP contribution in [0.2, 0.25) is 0 Å². The van der Waals surface area contributed by atoms with Crippen molar-refractivity contribution in [3.63, 3.8) is 0 Å². The molecule has 1 aliphatic heterocycles. The van der Waals surface area contributed by atoms with Gasteiger partial charge in [-0.1, -0.05) is 56.9 Å². The van der Waals surface area contributed by atoms with Gasteiger partial charge in [-0.05, 0) is 54.7 Å². The zero-order chi connectivity index (χ0) is 18.2. The molecule has 1 unspecified atom stereocenters. The van der Waals surface area contributed by atoms with Crippen molar-refractivity contribution < 1.29 is 14.3 Å². The van der Waals surface area contributed by atoms with Crippen LogP contribution in [0, 0.1) is 5.92 Å². The van der Waals surface area contributed by atoms with E-state index in [2.05, 4.69) is 31.2 Å². The largest absolute Gasteiger partial charge is 0.460 e. The number of hydrogen-bond donors (Lipinski definition) is 0. The number of carbonyl (C=O) groups excluding carboxylic acids is 1. The molecule has 3 nitrogen and oxygen atoms in total. The molecule has 2 fully saturated rings. The average molecular weight is 357 g/mol. The molecule has 3 rings (SSSR count). The Balaban J connectivity index is 1.42. The minimum absolute atomic E-state index is 0.119. The Morgan fingerprint density at radius 1 is 1.15 bits per heavy atom. The lowest BCUT2D eigenvalue weighted by atomic mass is 9.77. The molecular weight excluding hydrogens is 324 g/mol. The minimum Gasteiger partial charge on any atom is -0.460 e. The number of rotatable bonds is 9. The van der Waals surface area contributed by atoms with Gasteiger partial charge in [-0.15, -0.1) is 0 Å². The van der Waals surface area contributed by atoms with Crippen LogP contribution in [0.5, 0.6) is 0 Å². The van der Waals surface area contributed by atoms with Crippen molar-refractivity contribution in [1.82, 2.24) is 0 Å². The molecular formula is C23H32O3. The molecule has 1 saturated carbocycles. The van der Waals surface area contributed by atoms with Crippen molar-refractivity contribution in [2.75, 3.05) is 13.2 Å². The Kier molecular flexibility index (Phi) is 7.31. The molecule has 1 aromatic carbocycles. The van der Waals surface area contributed by atoms with Crippen LogP contribution in [0.3, 0.4) is 0 Å². The average Bonchev–Trinajstić information content (AvgIpc) is 3.50. The van der Waals surface area contributed by atoms with Crippen LogP contribution in [0.1, 0.15) is 75.3 Å². The van der Waals surface area contributed by atoms with Crippen molar-refractivity contribution in [2.24, 2.45) is 5.92 Å². The summed E-state index contributed by atoms with van der Waals surface area (Å²) in [5.74, 6) is 1.36. The van der Waals surface area contributed by atoms with Crippen molar-refractivity contribution in [3.05, 3.63) is 41.5 Å². The molecule has 0 radical (unpaired) electrons. The Morgan fingerprint density at radius 2 is 1.88 bits per heavy atom. The standard InChI is InChI=1S/C23H32O3/c1-2-3-4-5-18-6-11-20(12-7-18)21-13-8-19(9-14-21)10-15-23(24)26-17-22-16-25-22/h8-10,13-15,18,20,22H,2-7,11-12,16-17H2,1H3. The molecule has 3 heteroatoms. The van der Waals surface area contributed by atoms with E-state index in [0.717, 1.165) is 11.5 Å². The summed E-state index contributed by atoms with van der Waals surface area (Å²) < 4.78 is 10.1. The first-order chi connectivity index (χ1) is 12.7. The highest BCUT2D eigenvalue weighted by Gasteiger charge is 2.24. The van der Waals surface area contributed by atoms with E-state index in [9.17, 15) is 4.79 Å². The van der Waals surface area contributed by atoms with E-state index < -0.39 is 0 Å². The molecule has 1 aliphatic carbocycles. The van der Waals surface area contributed by atoms with Gasteiger partial charge in [0.1, 0.15) is 12.7 Å². The van der Waals surface area contributed by atoms with Gasteiger partial charge in [-0.3, -0.25) is 0 Å². The monoisotopic (exact) mass is 356 g/mol. The fraction of sp³-hybridized carbons (Fsp3) is 0.609. The summed E-state index contributed by atoms with van der Waals surface area (Å²) in [6.45, 7) is 3.35. The van der Waals surface area contributed by atoms with Gasteiger partial charge in [0.25, 0.3) is 0 Å². The lowest BCUT2D eigenvalue weighted by Gasteiger charge is -2.29. The first kappa shape index (κ1) is 19.2. The van der Waals surface area contributed by atoms with Gasteiger partial charge in [-0.25, -0.2) is 4.79 Å². The topological polar surface area (TPSA) is 38.8 Å². The summed E-state index contributed by atoms with van der Waals surface area (Å²) in [4.78, 5) is 11.6. The second kappa shape index (κ2) is 9.91. The van der Waals surface area contributed by atoms with Gasteiger partial charge in [-0.2, -0.15) is 0 Å². The number of unbranched alkanes of at least 4 members (excludes halogenated alkanes) is 2. The van der Waals surface area contributed by atoms with Crippen molar-refractivity contribution in [1.29, 1.82) is 0 Å². The third-order valence-corrected chi connectivity index (χ3v) is 5.70. The Morgan fingerprint density at radius 3 is 2.54 bits per heavy atom. The van der Waals surface area contributed by atoms with Gasteiger partial charge in [0.15, 0.2) is 0 Å². The Labute approximate surface area is 157 Å². The maximum atomic E-state index is 11.6. The number of benzene rings is 1. The fourth-order valence-electron chi connectivity index (χ4n) is 3.90. The number of hydrogen-bond acceptors (Lipinski definition) is 3. The molecule has 1 aromatic rings. The van der Waals surface area contributed by atoms with Gasteiger partial charge < -0.3 is 9.47 Å². The van der Waals surface area contributed by atoms with Crippen molar-refractivity contribution in [2.45, 2.75) is 70.3 Å². The zero-order valence-corrected chi connectivity index (χ0v) is 16.0. The predicted octanol–water partition coefficient (Wildman–Crippen LogP) is 5.50. The highest BCUT2D eigenvalue weighted by atomic mass is 16.6. The number of epoxide rings is 1. The van der Waals surface area contributed by atoms with Crippen molar-refractivity contribution in [3.8, 4) is 0 Å². The van der Waals surface area contributed by atoms with Gasteiger partial charge in [0.05, 0.1) is 6.61 Å². The number of ether oxygens (including phenoxy) is 2. The van der Waals surface area contributed by atoms with Crippen LogP contribution in [0.4, 0.5) is 0 Å². The number of esters is 1. The van der Waals surface area contributed by atoms with Gasteiger partial charge >= 0.3 is 5.97 Å². The first-order valence-electron chi connectivity index (χ1n) is 10.3. The Bertz CT molecular complexity index is 578. The zero-order valence-electron chi connectivity index (χ0n) is 16.0. The molecule has 142 valence electrons. The molecule has 2 aliphatic rings. The van der Waals surface area contributed by atoms with E-state index in [1.54, 1.807) is 0 Å². The first-order valence-corrected chi connectivity index (χ1v) is 10.3. The second-order valence-corrected chi connectivity index (χ2v) is 7.80. The van der Waals surface area contributed by atoms with Crippen LogP contribution in [0.15, 0.2) is 30.3 Å². The summed E-state index contributed by atoms with van der Waals surface area (Å²) in [6.07, 6.45) is 14.4. The highest BCUT2D eigenvalue weighted by Crippen LogP contribution is 2.37. The minimum atomic E-state index is -0.300. The molecule has 26 heavy (non-hydrogen) atoms. The summed E-state index contributed by atoms with van der Waals surface area (Å²) in [6, 6.07) is 8.67. The maximum absolute atomic E-state index is 11.6. The smallest absolute Gasteiger partial charge is 0.330 e. The van der Waals surface area contributed by atoms with Gasteiger partial charge in [0.2, 0.25) is 0 Å². The SMILES string of the molecule is CCCCCC1CCC(c2ccc(C=CC(=O)OCC3CO3)cc2)CC1. The molecule has 1 heterocycles. The normalized spacial score (nSPS) is 25.3. The maximum Gasteiger partial charge on any atom is 0.330 e. The lowest BCUT2D eigenvalue weighted by Crippen LogP contribution is -2.13. The molecule has 0 amide bonds. The van der Waals surface area contributed by atoms with E-state index in [0.29, 0.717) is 19.1 Å². The molecule has 0 bridgehead atoms. The van der Waals surface area contributed by atoms with E-state index in [1.165, 1.54) is 63.0 Å². The lowest BCUT2D eigenvalue weighted by molar-refractivity contribution is -0.138. The molecule has 1 atom stereocenters. The van der Waals surface area contributed by atoms with Gasteiger partial charge in [0, 0.05) is 6.08 Å². The van der Waals surface area contributed by atoms with Crippen LogP contribution in [0.25, 0.3) is 6.08 Å². The quantitative estimate of drug-likeness (QED) is 0.254. The van der Waals surface area contributed by atoms with E-state index in [1.807, 2.05) is 6.08 Å². The summed E-state index contributed by atoms with van der Waals surface area (Å²) >= 11 is 0. The van der Waals surface area contributed by atoms with E-state index in [4.69, 9.17) is 9.47 Å². The molecule has 0 aromatic heterocycles. The molecule has 1 saturated heterocycles.